The summed E-state index contributed by atoms with van der Waals surface area (Å²) in [5.41, 5.74) is 0. The fourth-order valence-corrected chi connectivity index (χ4v) is 7.62. The number of allylic oxidation sites excluding steroid dienone is 18. The van der Waals surface area contributed by atoms with Gasteiger partial charge < -0.3 is 28.5 Å². The minimum absolute atomic E-state index is 0.179. The molecule has 9 heteroatoms. The van der Waals surface area contributed by atoms with E-state index in [9.17, 15) is 19.5 Å². The molecule has 0 aromatic rings. The van der Waals surface area contributed by atoms with Crippen LogP contribution in [0.2, 0.25) is 0 Å². The zero-order valence-corrected chi connectivity index (χ0v) is 47.3. The number of carboxylic acids is 1. The van der Waals surface area contributed by atoms with Gasteiger partial charge in [0.1, 0.15) is 13.2 Å². The largest absolute Gasteiger partial charge is 0.477 e. The van der Waals surface area contributed by atoms with Crippen LogP contribution in [0.25, 0.3) is 0 Å². The lowest BCUT2D eigenvalue weighted by Crippen LogP contribution is -2.40. The van der Waals surface area contributed by atoms with Crippen molar-refractivity contribution in [1.29, 1.82) is 0 Å². The fourth-order valence-electron chi connectivity index (χ4n) is 7.62. The normalized spacial score (nSPS) is 13.6. The number of rotatable bonds is 52. The molecule has 1 N–H and O–H groups in total. The first-order chi connectivity index (χ1) is 35.6. The quantitative estimate of drug-likeness (QED) is 0.0211. The van der Waals surface area contributed by atoms with Gasteiger partial charge in [-0.1, -0.05) is 220 Å². The molecule has 0 spiro atoms. The predicted octanol–water partition coefficient (Wildman–Crippen LogP) is 17.1. The number of hydrogen-bond acceptors (Lipinski definition) is 7. The van der Waals surface area contributed by atoms with Crippen LogP contribution in [0.3, 0.4) is 0 Å². The molecule has 9 nitrogen and oxygen atoms in total. The summed E-state index contributed by atoms with van der Waals surface area (Å²) in [4.78, 5) is 37.5. The molecule has 0 fully saturated rings. The molecule has 0 saturated heterocycles. The van der Waals surface area contributed by atoms with E-state index in [0.29, 0.717) is 23.9 Å². The lowest BCUT2D eigenvalue weighted by molar-refractivity contribution is -0.870. The Kier molecular flexibility index (Phi) is 51.2. The number of hydrogen-bond donors (Lipinski definition) is 1. The van der Waals surface area contributed by atoms with Crippen molar-refractivity contribution in [3.05, 3.63) is 109 Å². The highest BCUT2D eigenvalue weighted by Gasteiger charge is 2.25. The number of nitrogens with zero attached hydrogens (tertiary/aromatic N) is 1. The van der Waals surface area contributed by atoms with Crippen LogP contribution in [0.15, 0.2) is 109 Å². The first-order valence-electron chi connectivity index (χ1n) is 29.1. The molecule has 0 heterocycles. The van der Waals surface area contributed by atoms with Crippen molar-refractivity contribution in [1.82, 2.24) is 0 Å². The van der Waals surface area contributed by atoms with E-state index in [-0.39, 0.29) is 32.2 Å². The first-order valence-corrected chi connectivity index (χ1v) is 29.1. The zero-order valence-electron chi connectivity index (χ0n) is 47.3. The topological polar surface area (TPSA) is 108 Å². The highest BCUT2D eigenvalue weighted by Crippen LogP contribution is 2.15. The number of carbonyl (C=O) groups excluding carboxylic acids is 2. The Bertz CT molecular complexity index is 1560. The van der Waals surface area contributed by atoms with Crippen LogP contribution < -0.4 is 0 Å². The zero-order chi connectivity index (χ0) is 53.4. The van der Waals surface area contributed by atoms with Crippen LogP contribution in [0.5, 0.6) is 0 Å². The van der Waals surface area contributed by atoms with Crippen molar-refractivity contribution in [3.8, 4) is 0 Å². The molecular formula is C64H108NO8+. The van der Waals surface area contributed by atoms with Gasteiger partial charge in [-0.3, -0.25) is 9.59 Å². The number of aliphatic carboxylic acids is 1. The molecule has 2 unspecified atom stereocenters. The predicted molar refractivity (Wildman–Crippen MR) is 308 cm³/mol. The van der Waals surface area contributed by atoms with Crippen molar-refractivity contribution < 1.29 is 42.9 Å². The third-order valence-corrected chi connectivity index (χ3v) is 12.0. The van der Waals surface area contributed by atoms with Crippen molar-refractivity contribution in [2.75, 3.05) is 47.5 Å². The van der Waals surface area contributed by atoms with Gasteiger partial charge in [-0.2, -0.15) is 0 Å². The minimum atomic E-state index is -1.52. The summed E-state index contributed by atoms with van der Waals surface area (Å²) in [6.45, 7) is 4.63. The Labute approximate surface area is 447 Å². The summed E-state index contributed by atoms with van der Waals surface area (Å²) in [6.07, 6.45) is 71.6. The van der Waals surface area contributed by atoms with Gasteiger partial charge in [0.2, 0.25) is 0 Å². The molecule has 0 aromatic carbocycles. The molecule has 0 aromatic heterocycles. The Hall–Kier alpha value is -4.05. The molecule has 416 valence electrons. The Morgan fingerprint density at radius 3 is 1.10 bits per heavy atom. The van der Waals surface area contributed by atoms with Gasteiger partial charge in [0.05, 0.1) is 34.4 Å². The van der Waals surface area contributed by atoms with Crippen molar-refractivity contribution in [3.63, 3.8) is 0 Å². The van der Waals surface area contributed by atoms with Crippen LogP contribution in [0.4, 0.5) is 0 Å². The smallest absolute Gasteiger partial charge is 0.361 e. The molecule has 0 rings (SSSR count). The van der Waals surface area contributed by atoms with Crippen LogP contribution in [-0.4, -0.2) is 87.4 Å². The molecule has 0 aliphatic rings. The number of likely N-dealkylation sites (N-methyl/N-ethyl adjacent to an activating group) is 1. The third-order valence-electron chi connectivity index (χ3n) is 12.0. The average Bonchev–Trinajstić information content (AvgIpc) is 3.36. The van der Waals surface area contributed by atoms with Crippen LogP contribution in [-0.2, 0) is 33.3 Å². The Morgan fingerprint density at radius 1 is 0.411 bits per heavy atom. The van der Waals surface area contributed by atoms with E-state index in [1.54, 1.807) is 0 Å². The van der Waals surface area contributed by atoms with Crippen molar-refractivity contribution in [2.45, 2.75) is 232 Å². The van der Waals surface area contributed by atoms with E-state index in [0.717, 1.165) is 103 Å². The summed E-state index contributed by atoms with van der Waals surface area (Å²) in [5, 5.41) is 9.71. The summed E-state index contributed by atoms with van der Waals surface area (Å²) in [7, 11) is 5.96. The molecule has 0 saturated carbocycles. The average molecular weight is 1020 g/mol. The van der Waals surface area contributed by atoms with Gasteiger partial charge in [0.15, 0.2) is 6.10 Å². The molecule has 0 bridgehead atoms. The lowest BCUT2D eigenvalue weighted by Gasteiger charge is -2.25. The van der Waals surface area contributed by atoms with E-state index < -0.39 is 24.3 Å². The molecule has 0 amide bonds. The van der Waals surface area contributed by atoms with E-state index in [1.165, 1.54) is 83.5 Å². The SMILES string of the molecule is CC/C=C\C/C=C\C/C=C\C/C=C\C/C=C\CCCCCCCCCC(=O)OC(COC(=O)CCCCCCCCCCCCCC/C=C\C/C=C\C/C=C\C/C=C\CC)COC(OCC[N+](C)(C)C)C(=O)O. The van der Waals surface area contributed by atoms with Gasteiger partial charge in [0.25, 0.3) is 6.29 Å². The highest BCUT2D eigenvalue weighted by atomic mass is 16.7. The van der Waals surface area contributed by atoms with E-state index in [4.69, 9.17) is 18.9 Å². The van der Waals surface area contributed by atoms with E-state index in [2.05, 4.69) is 123 Å². The molecule has 2 atom stereocenters. The number of unbranched alkanes of at least 4 members (excludes halogenated alkanes) is 19. The van der Waals surface area contributed by atoms with Gasteiger partial charge >= 0.3 is 17.9 Å². The maximum Gasteiger partial charge on any atom is 0.361 e. The van der Waals surface area contributed by atoms with Gasteiger partial charge in [-0.15, -0.1) is 0 Å². The lowest BCUT2D eigenvalue weighted by atomic mass is 10.0. The third kappa shape index (κ3) is 55.5. The minimum Gasteiger partial charge on any atom is -0.477 e. The monoisotopic (exact) mass is 1020 g/mol. The van der Waals surface area contributed by atoms with E-state index in [1.807, 2.05) is 21.1 Å². The number of ether oxygens (including phenoxy) is 4. The first kappa shape index (κ1) is 69.0. The van der Waals surface area contributed by atoms with Gasteiger partial charge in [-0.05, 0) is 96.3 Å². The van der Waals surface area contributed by atoms with Crippen molar-refractivity contribution >= 4 is 17.9 Å². The van der Waals surface area contributed by atoms with E-state index >= 15 is 0 Å². The number of carbonyl (C=O) groups is 3. The second kappa shape index (κ2) is 54.2. The second-order valence-corrected chi connectivity index (χ2v) is 20.2. The molecule has 0 aliphatic heterocycles. The van der Waals surface area contributed by atoms with Crippen LogP contribution in [0, 0.1) is 0 Å². The van der Waals surface area contributed by atoms with Crippen LogP contribution >= 0.6 is 0 Å². The number of carboxylic acid groups (broad SMARTS) is 1. The maximum atomic E-state index is 12.9. The summed E-state index contributed by atoms with van der Waals surface area (Å²) in [5.74, 6) is -2.03. The van der Waals surface area contributed by atoms with Crippen molar-refractivity contribution in [2.24, 2.45) is 0 Å². The number of esters is 2. The fraction of sp³-hybridized carbons (Fsp3) is 0.672. The molecular weight excluding hydrogens is 911 g/mol. The summed E-state index contributed by atoms with van der Waals surface area (Å²) >= 11 is 0. The van der Waals surface area contributed by atoms with Gasteiger partial charge in [-0.25, -0.2) is 4.79 Å². The standard InChI is InChI=1S/C64H107NO8/c1-6-8-10-12-14-16-18-20-22-24-26-28-30-31-33-34-36-38-40-42-44-46-48-50-52-54-61(66)71-58-60(59-72-64(63(68)69)70-57-56-65(3,4)5)73-62(67)55-53-51-49-47-45-43-41-39-37-35-32-29-27-25-23-21-19-17-15-13-11-9-7-2/h8-11,14-17,20-23,26-29,35,37,60,64H,6-7,12-13,18-19,24-25,30-34,36,38-59H2,1-5H3/p+1/b10-8-,11-9-,16-14-,17-15-,22-20-,23-21-,28-26-,29-27-,37-35-. The molecule has 0 radical (unpaired) electrons. The number of quaternary nitrogens is 1. The maximum absolute atomic E-state index is 12.9. The summed E-state index contributed by atoms with van der Waals surface area (Å²) in [6, 6.07) is 0. The van der Waals surface area contributed by atoms with Gasteiger partial charge in [0, 0.05) is 12.8 Å². The van der Waals surface area contributed by atoms with Crippen LogP contribution in [0.1, 0.15) is 219 Å². The Balaban J connectivity index is 4.29. The Morgan fingerprint density at radius 2 is 0.740 bits per heavy atom. The highest BCUT2D eigenvalue weighted by molar-refractivity contribution is 5.71. The molecule has 0 aliphatic carbocycles. The second-order valence-electron chi connectivity index (χ2n) is 20.2. The summed E-state index contributed by atoms with van der Waals surface area (Å²) < 4.78 is 22.9. The molecule has 73 heavy (non-hydrogen) atoms.